The van der Waals surface area contributed by atoms with Crippen LogP contribution in [-0.2, 0) is 27.2 Å². The van der Waals surface area contributed by atoms with Crippen LogP contribution in [0.5, 0.6) is 0 Å². The van der Waals surface area contributed by atoms with Crippen LogP contribution in [0.4, 0.5) is 0 Å². The van der Waals surface area contributed by atoms with Crippen LogP contribution in [0.3, 0.4) is 0 Å². The zero-order chi connectivity index (χ0) is 22.3. The number of halogens is 3. The summed E-state index contributed by atoms with van der Waals surface area (Å²) in [5.74, 6) is 0. The molecule has 0 aliphatic carbocycles. The summed E-state index contributed by atoms with van der Waals surface area (Å²) in [5.41, 5.74) is 2.04. The van der Waals surface area contributed by atoms with Gasteiger partial charge in [0.1, 0.15) is 0 Å². The van der Waals surface area contributed by atoms with E-state index in [0.717, 1.165) is 0 Å². The SMILES string of the molecule is O=S(=O)(Cl)c1ccc(-c2ccc(S(=O)(=O)Cl)cc2-c2ccc(S(=O)(=O)Cl)cc2)cc1. The lowest BCUT2D eigenvalue weighted by Crippen LogP contribution is -1.95. The third-order valence-corrected chi connectivity index (χ3v) is 8.26. The lowest BCUT2D eigenvalue weighted by atomic mass is 9.95. The monoisotopic (exact) mass is 524 g/mol. The van der Waals surface area contributed by atoms with Crippen LogP contribution in [-0.4, -0.2) is 25.3 Å². The van der Waals surface area contributed by atoms with Gasteiger partial charge in [-0.3, -0.25) is 0 Å². The molecule has 0 radical (unpaired) electrons. The number of rotatable bonds is 5. The molecule has 0 spiro atoms. The summed E-state index contributed by atoms with van der Waals surface area (Å²) >= 11 is 0. The molecule has 12 heteroatoms. The molecule has 0 N–H and O–H groups in total. The van der Waals surface area contributed by atoms with Gasteiger partial charge in [-0.2, -0.15) is 0 Å². The predicted octanol–water partition coefficient (Wildman–Crippen LogP) is 4.80. The lowest BCUT2D eigenvalue weighted by molar-refractivity contribution is 0.608. The van der Waals surface area contributed by atoms with Gasteiger partial charge in [-0.1, -0.05) is 30.3 Å². The van der Waals surface area contributed by atoms with Crippen LogP contribution >= 0.6 is 32.0 Å². The average Bonchev–Trinajstić information content (AvgIpc) is 2.66. The largest absolute Gasteiger partial charge is 0.261 e. The highest BCUT2D eigenvalue weighted by molar-refractivity contribution is 8.14. The second kappa shape index (κ2) is 8.14. The fraction of sp³-hybridized carbons (Fsp3) is 0. The predicted molar refractivity (Wildman–Crippen MR) is 116 cm³/mol. The Kier molecular flexibility index (Phi) is 6.26. The molecule has 0 atom stereocenters. The van der Waals surface area contributed by atoms with E-state index in [1.807, 2.05) is 0 Å². The van der Waals surface area contributed by atoms with Crippen LogP contribution in [0.1, 0.15) is 0 Å². The molecule has 30 heavy (non-hydrogen) atoms. The summed E-state index contributed by atoms with van der Waals surface area (Å²) in [4.78, 5) is -0.365. The molecule has 0 saturated heterocycles. The van der Waals surface area contributed by atoms with Gasteiger partial charge in [0, 0.05) is 32.0 Å². The summed E-state index contributed by atoms with van der Waals surface area (Å²) in [6.07, 6.45) is 0. The van der Waals surface area contributed by atoms with E-state index in [0.29, 0.717) is 22.3 Å². The Labute approximate surface area is 187 Å². The van der Waals surface area contributed by atoms with E-state index in [9.17, 15) is 25.3 Å². The number of hydrogen-bond donors (Lipinski definition) is 0. The molecule has 0 aliphatic heterocycles. The molecule has 0 bridgehead atoms. The highest BCUT2D eigenvalue weighted by atomic mass is 35.7. The topological polar surface area (TPSA) is 102 Å². The fourth-order valence-corrected chi connectivity index (χ4v) is 5.08. The van der Waals surface area contributed by atoms with Crippen LogP contribution in [0.2, 0.25) is 0 Å². The highest BCUT2D eigenvalue weighted by Gasteiger charge is 2.17. The van der Waals surface area contributed by atoms with Crippen LogP contribution < -0.4 is 0 Å². The Bertz CT molecular complexity index is 1430. The fourth-order valence-electron chi connectivity index (χ4n) is 2.76. The van der Waals surface area contributed by atoms with Crippen molar-refractivity contribution in [2.24, 2.45) is 0 Å². The third-order valence-electron chi connectivity index (χ3n) is 4.17. The van der Waals surface area contributed by atoms with Gasteiger partial charge in [-0.05, 0) is 58.7 Å². The van der Waals surface area contributed by atoms with Crippen molar-refractivity contribution in [1.29, 1.82) is 0 Å². The highest BCUT2D eigenvalue weighted by Crippen LogP contribution is 2.36. The van der Waals surface area contributed by atoms with Crippen LogP contribution in [0.25, 0.3) is 22.3 Å². The molecule has 0 amide bonds. The second-order valence-electron chi connectivity index (χ2n) is 6.07. The summed E-state index contributed by atoms with van der Waals surface area (Å²) < 4.78 is 69.5. The second-order valence-corrected chi connectivity index (χ2v) is 13.8. The first-order valence-corrected chi connectivity index (χ1v) is 14.9. The van der Waals surface area contributed by atoms with Gasteiger partial charge in [0.05, 0.1) is 14.7 Å². The van der Waals surface area contributed by atoms with Gasteiger partial charge in [0.25, 0.3) is 27.2 Å². The van der Waals surface area contributed by atoms with Gasteiger partial charge in [-0.15, -0.1) is 0 Å². The van der Waals surface area contributed by atoms with E-state index in [-0.39, 0.29) is 14.7 Å². The molecular weight excluding hydrogens is 515 g/mol. The van der Waals surface area contributed by atoms with E-state index in [1.165, 1.54) is 66.7 Å². The van der Waals surface area contributed by atoms with Crippen molar-refractivity contribution >= 4 is 59.2 Å². The zero-order valence-corrected chi connectivity index (χ0v) is 19.4. The normalized spacial score (nSPS) is 12.6. The van der Waals surface area contributed by atoms with E-state index >= 15 is 0 Å². The van der Waals surface area contributed by atoms with E-state index in [2.05, 4.69) is 0 Å². The van der Waals surface area contributed by atoms with Crippen molar-refractivity contribution in [2.45, 2.75) is 14.7 Å². The molecule has 0 heterocycles. The summed E-state index contributed by atoms with van der Waals surface area (Å²) in [5, 5.41) is 0. The molecule has 3 aromatic rings. The van der Waals surface area contributed by atoms with Gasteiger partial charge in [0.2, 0.25) is 0 Å². The standard InChI is InChI=1S/C18H11Cl3O6S3/c19-28(22,23)14-5-1-12(2-6-14)17-10-9-16(30(21,26)27)11-18(17)13-3-7-15(8-4-13)29(20,24)25/h1-11H. The Balaban J connectivity index is 2.21. The molecule has 158 valence electrons. The molecule has 0 saturated carbocycles. The molecule has 0 aliphatic rings. The first-order valence-electron chi connectivity index (χ1n) is 7.96. The molecule has 0 unspecified atom stereocenters. The smallest absolute Gasteiger partial charge is 0.207 e. The Morgan fingerprint density at radius 3 is 1.13 bits per heavy atom. The zero-order valence-electron chi connectivity index (χ0n) is 14.7. The molecule has 3 aromatic carbocycles. The number of hydrogen-bond acceptors (Lipinski definition) is 6. The van der Waals surface area contributed by atoms with Gasteiger partial charge >= 0.3 is 0 Å². The Morgan fingerprint density at radius 2 is 0.767 bits per heavy atom. The minimum absolute atomic E-state index is 0.0916. The molecule has 0 fully saturated rings. The number of benzene rings is 3. The minimum atomic E-state index is -4.03. The first-order chi connectivity index (χ1) is 13.8. The van der Waals surface area contributed by atoms with Crippen LogP contribution in [0.15, 0.2) is 81.4 Å². The molecular formula is C18H11Cl3O6S3. The molecule has 6 nitrogen and oxygen atoms in total. The van der Waals surface area contributed by atoms with Crippen molar-refractivity contribution in [2.75, 3.05) is 0 Å². The average molecular weight is 526 g/mol. The van der Waals surface area contributed by atoms with Crippen molar-refractivity contribution in [3.63, 3.8) is 0 Å². The third kappa shape index (κ3) is 5.16. The van der Waals surface area contributed by atoms with E-state index in [1.54, 1.807) is 0 Å². The van der Waals surface area contributed by atoms with Crippen molar-refractivity contribution in [1.82, 2.24) is 0 Å². The van der Waals surface area contributed by atoms with Crippen molar-refractivity contribution < 1.29 is 25.3 Å². The Morgan fingerprint density at radius 1 is 0.433 bits per heavy atom. The summed E-state index contributed by atoms with van der Waals surface area (Å²) in [6, 6.07) is 15.3. The minimum Gasteiger partial charge on any atom is -0.207 e. The van der Waals surface area contributed by atoms with Crippen LogP contribution in [0, 0.1) is 0 Å². The van der Waals surface area contributed by atoms with E-state index in [4.69, 9.17) is 32.0 Å². The molecule has 0 aromatic heterocycles. The summed E-state index contributed by atoms with van der Waals surface area (Å²) in [6.45, 7) is 0. The maximum Gasteiger partial charge on any atom is 0.261 e. The van der Waals surface area contributed by atoms with Gasteiger partial charge < -0.3 is 0 Å². The van der Waals surface area contributed by atoms with E-state index < -0.39 is 27.2 Å². The lowest BCUT2D eigenvalue weighted by Gasteiger charge is -2.12. The first kappa shape index (κ1) is 23.1. The van der Waals surface area contributed by atoms with Crippen molar-refractivity contribution in [3.05, 3.63) is 66.7 Å². The maximum absolute atomic E-state index is 11.8. The van der Waals surface area contributed by atoms with Gasteiger partial charge in [-0.25, -0.2) is 25.3 Å². The maximum atomic E-state index is 11.8. The summed E-state index contributed by atoms with van der Waals surface area (Å²) in [7, 11) is 4.28. The van der Waals surface area contributed by atoms with Gasteiger partial charge in [0.15, 0.2) is 0 Å². The van der Waals surface area contributed by atoms with Crippen molar-refractivity contribution in [3.8, 4) is 22.3 Å². The molecule has 3 rings (SSSR count). The Hall–Kier alpha value is -1.62. The quantitative estimate of drug-likeness (QED) is 0.443.